The Hall–Kier alpha value is -5.46. The number of pyridine rings is 1. The molecule has 55 heavy (non-hydrogen) atoms. The number of carbonyl (C=O) groups is 4. The second-order valence-corrected chi connectivity index (χ2v) is 10.8. The molecule has 0 unspecified atom stereocenters. The van der Waals surface area contributed by atoms with E-state index in [1.165, 1.54) is 22.6 Å². The molecule has 3 aromatic rings. The molecule has 1 fully saturated rings. The fourth-order valence-electron chi connectivity index (χ4n) is 4.55. The van der Waals surface area contributed by atoms with Crippen molar-refractivity contribution in [3.8, 4) is 11.3 Å². The molecule has 0 radical (unpaired) electrons. The van der Waals surface area contributed by atoms with Crippen LogP contribution in [0.2, 0.25) is 0 Å². The molecule has 2 aromatic heterocycles. The first kappa shape index (κ1) is 47.6. The number of carboxylic acids is 4. The number of piperidine rings is 1. The topological polar surface area (TPSA) is 195 Å². The third-order valence-corrected chi connectivity index (χ3v) is 6.96. The molecule has 25 heteroatoms. The summed E-state index contributed by atoms with van der Waals surface area (Å²) in [5, 5.41) is 32.3. The second kappa shape index (κ2) is 19.7. The molecule has 2 aliphatic rings. The number of imidazole rings is 1. The maximum absolute atomic E-state index is 10.6. The van der Waals surface area contributed by atoms with Crippen LogP contribution in [0.1, 0.15) is 24.2 Å². The van der Waals surface area contributed by atoms with Crippen molar-refractivity contribution in [1.29, 1.82) is 0 Å². The maximum atomic E-state index is 10.6. The predicted octanol–water partition coefficient (Wildman–Crippen LogP) is 5.57. The van der Waals surface area contributed by atoms with Crippen LogP contribution in [0.25, 0.3) is 11.3 Å². The summed E-state index contributed by atoms with van der Waals surface area (Å²) in [5.41, 5.74) is 3.79. The Morgan fingerprint density at radius 1 is 0.655 bits per heavy atom. The monoisotopic (exact) mass is 815 g/mol. The van der Waals surface area contributed by atoms with Crippen LogP contribution in [-0.4, -0.2) is 108 Å². The first-order valence-electron chi connectivity index (χ1n) is 14.8. The van der Waals surface area contributed by atoms with Crippen molar-refractivity contribution in [2.24, 2.45) is 0 Å². The lowest BCUT2D eigenvalue weighted by Crippen LogP contribution is -2.55. The number of likely N-dealkylation sites (tertiary alicyclic amines) is 1. The summed E-state index contributed by atoms with van der Waals surface area (Å²) in [6.45, 7) is 5.13. The number of rotatable bonds is 3. The van der Waals surface area contributed by atoms with Crippen LogP contribution < -0.4 is 5.32 Å². The molecule has 1 saturated heterocycles. The summed E-state index contributed by atoms with van der Waals surface area (Å²) in [4.78, 5) is 47.2. The number of nitrogens with zero attached hydrogens (tertiary/aromatic N) is 4. The molecule has 0 bridgehead atoms. The highest BCUT2D eigenvalue weighted by Crippen LogP contribution is 2.37. The summed E-state index contributed by atoms with van der Waals surface area (Å²) in [7, 11) is 0. The highest BCUT2D eigenvalue weighted by molar-refractivity contribution is 5.74. The van der Waals surface area contributed by atoms with E-state index < -0.39 is 48.6 Å². The molecule has 0 saturated carbocycles. The minimum absolute atomic E-state index is 0.0106. The minimum Gasteiger partial charge on any atom is -0.475 e. The molecular weight excluding hydrogens is 786 g/mol. The lowest BCUT2D eigenvalue weighted by molar-refractivity contribution is -0.193. The molecule has 1 spiro atoms. The van der Waals surface area contributed by atoms with Crippen molar-refractivity contribution in [3.05, 3.63) is 72.4 Å². The quantitative estimate of drug-likeness (QED) is 0.207. The van der Waals surface area contributed by atoms with Gasteiger partial charge in [0.1, 0.15) is 5.82 Å². The summed E-state index contributed by atoms with van der Waals surface area (Å²) in [5.74, 6) is -9.81. The number of carboxylic acid groups (broad SMARTS) is 4. The highest BCUT2D eigenvalue weighted by atomic mass is 19.4. The van der Waals surface area contributed by atoms with Gasteiger partial charge in [0.05, 0.1) is 17.4 Å². The van der Waals surface area contributed by atoms with Gasteiger partial charge in [0.15, 0.2) is 0 Å². The van der Waals surface area contributed by atoms with E-state index in [1.54, 1.807) is 0 Å². The smallest absolute Gasteiger partial charge is 0.475 e. The van der Waals surface area contributed by atoms with Gasteiger partial charge < -0.3 is 30.3 Å². The largest absolute Gasteiger partial charge is 0.490 e. The third-order valence-electron chi connectivity index (χ3n) is 6.96. The minimum atomic E-state index is -5.08. The fourth-order valence-corrected chi connectivity index (χ4v) is 4.55. The van der Waals surface area contributed by atoms with E-state index in [4.69, 9.17) is 44.6 Å². The van der Waals surface area contributed by atoms with Crippen LogP contribution in [-0.2, 0) is 37.8 Å². The van der Waals surface area contributed by atoms with Crippen LogP contribution in [0, 0.1) is 0 Å². The lowest BCUT2D eigenvalue weighted by atomic mass is 9.85. The molecule has 0 amide bonds. The van der Waals surface area contributed by atoms with Crippen LogP contribution in [0.15, 0.2) is 61.1 Å². The van der Waals surface area contributed by atoms with Crippen LogP contribution in [0.4, 0.5) is 52.7 Å². The average Bonchev–Trinajstić information content (AvgIpc) is 3.52. The molecule has 5 rings (SSSR count). The van der Waals surface area contributed by atoms with E-state index in [-0.39, 0.29) is 5.54 Å². The van der Waals surface area contributed by atoms with Gasteiger partial charge in [-0.2, -0.15) is 52.7 Å². The van der Waals surface area contributed by atoms with E-state index in [1.807, 2.05) is 18.5 Å². The fraction of sp³-hybridized carbons (Fsp3) is 0.400. The number of hydrogen-bond acceptors (Lipinski definition) is 8. The van der Waals surface area contributed by atoms with Gasteiger partial charge >= 0.3 is 48.6 Å². The molecular formula is C30H29F12N5O8. The SMILES string of the molecule is O=C(O)C(F)(F)F.O=C(O)C(F)(F)F.O=C(O)C(F)(F)F.O=C(O)C(F)(F)F.c1ccc(-c2cnc3n2CCNC32CCN(Cc3cccnc3)CC2)cc1. The zero-order valence-corrected chi connectivity index (χ0v) is 27.5. The zero-order valence-electron chi connectivity index (χ0n) is 27.5. The zero-order chi connectivity index (χ0) is 42.4. The molecule has 4 heterocycles. The van der Waals surface area contributed by atoms with E-state index >= 15 is 0 Å². The summed E-state index contributed by atoms with van der Waals surface area (Å²) >= 11 is 0. The number of alkyl halides is 12. The van der Waals surface area contributed by atoms with E-state index in [0.717, 1.165) is 45.6 Å². The summed E-state index contributed by atoms with van der Waals surface area (Å²) in [6.07, 6.45) is -12.3. The molecule has 1 aromatic carbocycles. The number of hydrogen-bond donors (Lipinski definition) is 5. The Labute approximate surface area is 300 Å². The normalized spacial score (nSPS) is 15.1. The van der Waals surface area contributed by atoms with Gasteiger partial charge in [0.2, 0.25) is 0 Å². The first-order chi connectivity index (χ1) is 25.1. The molecule has 306 valence electrons. The van der Waals surface area contributed by atoms with Gasteiger partial charge in [-0.1, -0.05) is 36.4 Å². The van der Waals surface area contributed by atoms with Crippen molar-refractivity contribution in [1.82, 2.24) is 24.8 Å². The van der Waals surface area contributed by atoms with Crippen molar-refractivity contribution >= 4 is 23.9 Å². The Kier molecular flexibility index (Phi) is 17.1. The van der Waals surface area contributed by atoms with Gasteiger partial charge in [-0.15, -0.1) is 0 Å². The number of benzene rings is 1. The van der Waals surface area contributed by atoms with Crippen molar-refractivity contribution in [2.75, 3.05) is 19.6 Å². The number of nitrogens with one attached hydrogen (secondary N) is 1. The van der Waals surface area contributed by atoms with Gasteiger partial charge in [-0.3, -0.25) is 9.88 Å². The number of aromatic nitrogens is 3. The van der Waals surface area contributed by atoms with Crippen molar-refractivity contribution in [2.45, 2.75) is 56.2 Å². The van der Waals surface area contributed by atoms with E-state index in [0.29, 0.717) is 0 Å². The first-order valence-corrected chi connectivity index (χ1v) is 14.8. The average molecular weight is 816 g/mol. The van der Waals surface area contributed by atoms with Crippen LogP contribution in [0.5, 0.6) is 0 Å². The number of aliphatic carboxylic acids is 4. The number of fused-ring (bicyclic) bond motifs is 2. The predicted molar refractivity (Wildman–Crippen MR) is 161 cm³/mol. The molecule has 13 nitrogen and oxygen atoms in total. The Morgan fingerprint density at radius 2 is 1.09 bits per heavy atom. The third kappa shape index (κ3) is 16.2. The summed E-state index contributed by atoms with van der Waals surface area (Å²) < 4.78 is 129. The van der Waals surface area contributed by atoms with Crippen molar-refractivity contribution in [3.63, 3.8) is 0 Å². The van der Waals surface area contributed by atoms with Crippen LogP contribution in [0.3, 0.4) is 0 Å². The molecule has 0 atom stereocenters. The summed E-state index contributed by atoms with van der Waals surface area (Å²) in [6, 6.07) is 14.8. The second-order valence-electron chi connectivity index (χ2n) is 10.8. The highest BCUT2D eigenvalue weighted by Gasteiger charge is 2.42. The van der Waals surface area contributed by atoms with Gasteiger partial charge in [0.25, 0.3) is 0 Å². The van der Waals surface area contributed by atoms with E-state index in [9.17, 15) is 52.7 Å². The molecule has 0 aliphatic carbocycles. The standard InChI is InChI=1S/C22H25N5.4C2HF3O2/c1-2-6-19(7-3-1)20-16-24-21-22(25-11-14-27(20)21)8-12-26(13-9-22)17-18-5-4-10-23-15-18;4*3-2(4,5)1(6)7/h1-7,10,15-16,25H,8-9,11-14,17H2;4*(H,6,7). The van der Waals surface area contributed by atoms with Gasteiger partial charge in [0, 0.05) is 45.1 Å². The Bertz CT molecular complexity index is 1590. The van der Waals surface area contributed by atoms with Crippen LogP contribution >= 0.6 is 0 Å². The van der Waals surface area contributed by atoms with Gasteiger partial charge in [-0.05, 0) is 30.0 Å². The van der Waals surface area contributed by atoms with Crippen molar-refractivity contribution < 1.29 is 92.3 Å². The van der Waals surface area contributed by atoms with Gasteiger partial charge in [-0.25, -0.2) is 24.2 Å². The molecule has 5 N–H and O–H groups in total. The molecule has 2 aliphatic heterocycles. The Balaban J connectivity index is 0.000000442. The number of halogens is 12. The lowest BCUT2D eigenvalue weighted by Gasteiger charge is -2.44. The Morgan fingerprint density at radius 3 is 1.47 bits per heavy atom. The maximum Gasteiger partial charge on any atom is 0.490 e. The van der Waals surface area contributed by atoms with E-state index in [2.05, 4.69) is 62.4 Å².